The lowest BCUT2D eigenvalue weighted by Crippen LogP contribution is -2.09. The number of carboxylic acids is 1. The van der Waals surface area contributed by atoms with E-state index >= 15 is 0 Å². The van der Waals surface area contributed by atoms with Crippen LogP contribution in [0.4, 0.5) is 0 Å². The number of ether oxygens (including phenoxy) is 1. The molecule has 0 atom stereocenters. The van der Waals surface area contributed by atoms with Crippen LogP contribution in [0.1, 0.15) is 0 Å². The van der Waals surface area contributed by atoms with Gasteiger partial charge in [0.05, 0.1) is 5.69 Å². The van der Waals surface area contributed by atoms with Gasteiger partial charge in [0.25, 0.3) is 0 Å². The van der Waals surface area contributed by atoms with Crippen LogP contribution in [0.3, 0.4) is 0 Å². The molecule has 88 valence electrons. The first-order valence-electron chi connectivity index (χ1n) is 4.72. The van der Waals surface area contributed by atoms with Gasteiger partial charge in [-0.15, -0.1) is 0 Å². The molecule has 7 heteroatoms. The molecule has 0 aliphatic carbocycles. The molecule has 2 aromatic heterocycles. The van der Waals surface area contributed by atoms with Crippen LogP contribution in [0, 0.1) is 0 Å². The van der Waals surface area contributed by atoms with Crippen molar-refractivity contribution in [3.05, 3.63) is 30.5 Å². The van der Waals surface area contributed by atoms with E-state index in [9.17, 15) is 10.0 Å². The summed E-state index contributed by atoms with van der Waals surface area (Å²) in [4.78, 5) is 14.9. The second-order valence-electron chi connectivity index (χ2n) is 3.15. The molecule has 0 aliphatic rings. The van der Waals surface area contributed by atoms with Gasteiger partial charge in [-0.25, -0.2) is 4.79 Å². The second kappa shape index (κ2) is 4.52. The van der Waals surface area contributed by atoms with Crippen LogP contribution >= 0.6 is 0 Å². The number of aromatic nitrogens is 3. The highest BCUT2D eigenvalue weighted by Crippen LogP contribution is 2.20. The largest absolute Gasteiger partial charge is 0.479 e. The molecule has 0 bridgehead atoms. The Hall–Kier alpha value is -2.57. The van der Waals surface area contributed by atoms with E-state index in [1.165, 1.54) is 6.07 Å². The predicted octanol–water partition coefficient (Wildman–Crippen LogP) is 0.646. The Bertz CT molecular complexity index is 524. The molecule has 2 N–H and O–H groups in total. The third-order valence-corrected chi connectivity index (χ3v) is 1.94. The summed E-state index contributed by atoms with van der Waals surface area (Å²) in [6.45, 7) is -0.515. The van der Waals surface area contributed by atoms with Crippen LogP contribution in [0.15, 0.2) is 30.5 Å². The Morgan fingerprint density at radius 2 is 2.29 bits per heavy atom. The summed E-state index contributed by atoms with van der Waals surface area (Å²) in [6.07, 6.45) is 1.57. The van der Waals surface area contributed by atoms with Gasteiger partial charge in [-0.3, -0.25) is 4.98 Å². The minimum Gasteiger partial charge on any atom is -0.479 e. The van der Waals surface area contributed by atoms with Crippen molar-refractivity contribution < 1.29 is 19.8 Å². The highest BCUT2D eigenvalue weighted by molar-refractivity contribution is 5.68. The standard InChI is InChI=1S/C10H9N3O4/c14-10(15)6-17-9-5-8(13(16)12-9)7-3-1-2-4-11-7/h1-5,16H,6H2,(H,14,15). The lowest BCUT2D eigenvalue weighted by molar-refractivity contribution is -0.139. The highest BCUT2D eigenvalue weighted by atomic mass is 16.5. The van der Waals surface area contributed by atoms with Gasteiger partial charge in [-0.05, 0) is 12.1 Å². The van der Waals surface area contributed by atoms with E-state index in [0.29, 0.717) is 16.2 Å². The molecule has 0 unspecified atom stereocenters. The number of nitrogens with zero attached hydrogens (tertiary/aromatic N) is 3. The van der Waals surface area contributed by atoms with Crippen LogP contribution < -0.4 is 4.74 Å². The van der Waals surface area contributed by atoms with Crippen LogP contribution in [0.2, 0.25) is 0 Å². The van der Waals surface area contributed by atoms with Gasteiger partial charge >= 0.3 is 5.97 Å². The number of pyridine rings is 1. The average molecular weight is 235 g/mol. The predicted molar refractivity (Wildman–Crippen MR) is 55.8 cm³/mol. The van der Waals surface area contributed by atoms with Crippen molar-refractivity contribution in [2.45, 2.75) is 0 Å². The van der Waals surface area contributed by atoms with E-state index in [1.807, 2.05) is 0 Å². The fourth-order valence-electron chi connectivity index (χ4n) is 1.25. The lowest BCUT2D eigenvalue weighted by Gasteiger charge is -1.96. The Morgan fingerprint density at radius 1 is 1.47 bits per heavy atom. The molecule has 2 aromatic rings. The topological polar surface area (TPSA) is 97.5 Å². The lowest BCUT2D eigenvalue weighted by atomic mass is 10.3. The first-order chi connectivity index (χ1) is 8.16. The molecule has 2 heterocycles. The average Bonchev–Trinajstić information content (AvgIpc) is 2.69. The molecule has 0 saturated heterocycles. The summed E-state index contributed by atoms with van der Waals surface area (Å²) in [5, 5.41) is 21.5. The van der Waals surface area contributed by atoms with E-state index in [0.717, 1.165) is 0 Å². The third kappa shape index (κ3) is 2.51. The normalized spacial score (nSPS) is 10.1. The third-order valence-electron chi connectivity index (χ3n) is 1.94. The molecule has 0 radical (unpaired) electrons. The van der Waals surface area contributed by atoms with Crippen molar-refractivity contribution in [2.24, 2.45) is 0 Å². The Labute approximate surface area is 95.9 Å². The van der Waals surface area contributed by atoms with Crippen molar-refractivity contribution in [1.29, 1.82) is 0 Å². The number of aliphatic carboxylic acids is 1. The van der Waals surface area contributed by atoms with Crippen LogP contribution in [0.5, 0.6) is 5.88 Å². The van der Waals surface area contributed by atoms with Gasteiger partial charge in [0.15, 0.2) is 6.61 Å². The number of carbonyl (C=O) groups is 1. The summed E-state index contributed by atoms with van der Waals surface area (Å²) in [7, 11) is 0. The van der Waals surface area contributed by atoms with Crippen molar-refractivity contribution in [1.82, 2.24) is 14.9 Å². The number of hydrogen-bond donors (Lipinski definition) is 2. The fourth-order valence-corrected chi connectivity index (χ4v) is 1.25. The van der Waals surface area contributed by atoms with Crippen molar-refractivity contribution in [2.75, 3.05) is 6.61 Å². The Balaban J connectivity index is 2.22. The van der Waals surface area contributed by atoms with Crippen LogP contribution in [-0.4, -0.2) is 37.8 Å². The Kier molecular flexibility index (Phi) is 2.91. The molecular formula is C10H9N3O4. The number of rotatable bonds is 4. The number of hydrogen-bond acceptors (Lipinski definition) is 5. The van der Waals surface area contributed by atoms with Gasteiger partial charge in [0, 0.05) is 12.3 Å². The van der Waals surface area contributed by atoms with Crippen molar-refractivity contribution in [3.63, 3.8) is 0 Å². The van der Waals surface area contributed by atoms with E-state index in [4.69, 9.17) is 9.84 Å². The summed E-state index contributed by atoms with van der Waals surface area (Å²) < 4.78 is 4.83. The summed E-state index contributed by atoms with van der Waals surface area (Å²) >= 11 is 0. The molecular weight excluding hydrogens is 226 g/mol. The van der Waals surface area contributed by atoms with Crippen molar-refractivity contribution >= 4 is 5.97 Å². The molecule has 7 nitrogen and oxygen atoms in total. The van der Waals surface area contributed by atoms with Gasteiger partial charge in [0.2, 0.25) is 5.88 Å². The maximum absolute atomic E-state index is 10.3. The SMILES string of the molecule is O=C(O)COc1cc(-c2ccccn2)n(O)n1. The second-order valence-corrected chi connectivity index (χ2v) is 3.15. The molecule has 0 saturated carbocycles. The van der Waals surface area contributed by atoms with E-state index < -0.39 is 12.6 Å². The minimum atomic E-state index is -1.11. The molecule has 0 spiro atoms. The van der Waals surface area contributed by atoms with Crippen LogP contribution in [0.25, 0.3) is 11.4 Å². The van der Waals surface area contributed by atoms with Gasteiger partial charge in [-0.2, -0.15) is 0 Å². The monoisotopic (exact) mass is 235 g/mol. The minimum absolute atomic E-state index is 0.0237. The molecule has 17 heavy (non-hydrogen) atoms. The molecule has 0 fully saturated rings. The zero-order chi connectivity index (χ0) is 12.3. The van der Waals surface area contributed by atoms with Gasteiger partial charge in [0.1, 0.15) is 5.69 Å². The summed E-state index contributed by atoms with van der Waals surface area (Å²) in [6, 6.07) is 6.59. The summed E-state index contributed by atoms with van der Waals surface area (Å²) in [5.74, 6) is -1.09. The fraction of sp³-hybridized carbons (Fsp3) is 0.100. The maximum atomic E-state index is 10.3. The Morgan fingerprint density at radius 3 is 2.94 bits per heavy atom. The summed E-state index contributed by atoms with van der Waals surface area (Å²) in [5.41, 5.74) is 0.832. The van der Waals surface area contributed by atoms with Crippen molar-refractivity contribution in [3.8, 4) is 17.3 Å². The van der Waals surface area contributed by atoms with E-state index in [-0.39, 0.29) is 5.88 Å². The maximum Gasteiger partial charge on any atom is 0.341 e. The quantitative estimate of drug-likeness (QED) is 0.755. The first kappa shape index (κ1) is 10.9. The zero-order valence-electron chi connectivity index (χ0n) is 8.65. The highest BCUT2D eigenvalue weighted by Gasteiger charge is 2.11. The van der Waals surface area contributed by atoms with Crippen LogP contribution in [-0.2, 0) is 4.79 Å². The molecule has 2 rings (SSSR count). The van der Waals surface area contributed by atoms with Gasteiger partial charge in [-0.1, -0.05) is 16.0 Å². The molecule has 0 aromatic carbocycles. The first-order valence-corrected chi connectivity index (χ1v) is 4.72. The molecule has 0 amide bonds. The number of carboxylic acid groups (broad SMARTS) is 1. The smallest absolute Gasteiger partial charge is 0.341 e. The molecule has 0 aliphatic heterocycles. The van der Waals surface area contributed by atoms with E-state index in [2.05, 4.69) is 10.1 Å². The van der Waals surface area contributed by atoms with E-state index in [1.54, 1.807) is 24.4 Å². The van der Waals surface area contributed by atoms with Gasteiger partial charge < -0.3 is 15.1 Å². The zero-order valence-corrected chi connectivity index (χ0v) is 8.65.